The van der Waals surface area contributed by atoms with E-state index in [-0.39, 0.29) is 30.0 Å². The summed E-state index contributed by atoms with van der Waals surface area (Å²) in [7, 11) is 5.27. The molecule has 2 N–H and O–H groups in total. The number of methoxy groups -OCH3 is 2. The highest BCUT2D eigenvalue weighted by Crippen LogP contribution is 2.29. The number of benzene rings is 2. The Morgan fingerprint density at radius 2 is 1.84 bits per heavy atom. The first-order chi connectivity index (χ1) is 15.0. The highest BCUT2D eigenvalue weighted by Gasteiger charge is 2.15. The lowest BCUT2D eigenvalue weighted by molar-refractivity contribution is 0.394. The van der Waals surface area contributed by atoms with Crippen LogP contribution in [0.15, 0.2) is 53.5 Å². The number of guanidine groups is 1. The molecule has 8 nitrogen and oxygen atoms in total. The number of rotatable bonds is 8. The molecule has 172 valence electrons. The molecule has 0 aliphatic heterocycles. The molecule has 9 heteroatoms. The van der Waals surface area contributed by atoms with Crippen LogP contribution in [0.1, 0.15) is 35.7 Å². The molecule has 1 unspecified atom stereocenters. The summed E-state index contributed by atoms with van der Waals surface area (Å²) in [5, 5.41) is 15.2. The predicted octanol–water partition coefficient (Wildman–Crippen LogP) is 3.76. The third-order valence-corrected chi connectivity index (χ3v) is 5.12. The molecule has 0 aliphatic rings. The molecule has 0 bridgehead atoms. The molecule has 32 heavy (non-hydrogen) atoms. The van der Waals surface area contributed by atoms with Crippen molar-refractivity contribution in [2.45, 2.75) is 33.0 Å². The Bertz CT molecular complexity index is 1020. The van der Waals surface area contributed by atoms with Crippen LogP contribution in [0.2, 0.25) is 0 Å². The minimum absolute atomic E-state index is 0. The summed E-state index contributed by atoms with van der Waals surface area (Å²) in [5.41, 5.74) is 2.11. The molecule has 0 amide bonds. The van der Waals surface area contributed by atoms with E-state index in [1.807, 2.05) is 54.9 Å². The van der Waals surface area contributed by atoms with Gasteiger partial charge in [-0.15, -0.1) is 34.2 Å². The van der Waals surface area contributed by atoms with Crippen LogP contribution in [-0.4, -0.2) is 34.9 Å². The topological polar surface area (TPSA) is 85.6 Å². The van der Waals surface area contributed by atoms with E-state index in [2.05, 4.69) is 39.9 Å². The summed E-state index contributed by atoms with van der Waals surface area (Å²) in [5.74, 6) is 3.92. The van der Waals surface area contributed by atoms with Crippen LogP contribution < -0.4 is 20.1 Å². The SMILES string of the molecule is COc1ccc(OC)c(C(C)NC(=NCc2ccccc2)NCc2nnc(C)n2C)c1.I. The van der Waals surface area contributed by atoms with Crippen LogP contribution in [-0.2, 0) is 20.1 Å². The third-order valence-electron chi connectivity index (χ3n) is 5.12. The van der Waals surface area contributed by atoms with E-state index in [0.29, 0.717) is 19.0 Å². The molecule has 0 fully saturated rings. The Balaban J connectivity index is 0.00000363. The second kappa shape index (κ2) is 12.3. The van der Waals surface area contributed by atoms with Gasteiger partial charge in [0.25, 0.3) is 0 Å². The quantitative estimate of drug-likeness (QED) is 0.253. The second-order valence-corrected chi connectivity index (χ2v) is 7.20. The molecule has 0 saturated carbocycles. The van der Waals surface area contributed by atoms with Gasteiger partial charge in [0.2, 0.25) is 0 Å². The maximum absolute atomic E-state index is 5.55. The van der Waals surface area contributed by atoms with E-state index in [1.54, 1.807) is 14.2 Å². The van der Waals surface area contributed by atoms with Crippen molar-refractivity contribution >= 4 is 29.9 Å². The van der Waals surface area contributed by atoms with Gasteiger partial charge in [-0.05, 0) is 37.6 Å². The summed E-state index contributed by atoms with van der Waals surface area (Å²) in [6.45, 7) is 5.04. The largest absolute Gasteiger partial charge is 0.497 e. The van der Waals surface area contributed by atoms with Crippen molar-refractivity contribution in [3.8, 4) is 11.5 Å². The zero-order valence-corrected chi connectivity index (χ0v) is 21.5. The van der Waals surface area contributed by atoms with E-state index in [4.69, 9.17) is 14.5 Å². The van der Waals surface area contributed by atoms with Gasteiger partial charge in [0.05, 0.1) is 33.4 Å². The average molecular weight is 550 g/mol. The fraction of sp³-hybridized carbons (Fsp3) is 0.348. The molecule has 3 aromatic rings. The number of nitrogens with zero attached hydrogens (tertiary/aromatic N) is 4. The first-order valence-electron chi connectivity index (χ1n) is 10.2. The molecule has 2 aromatic carbocycles. The molecule has 1 heterocycles. The van der Waals surface area contributed by atoms with Crippen LogP contribution >= 0.6 is 24.0 Å². The van der Waals surface area contributed by atoms with Gasteiger partial charge in [-0.25, -0.2) is 4.99 Å². The summed E-state index contributed by atoms with van der Waals surface area (Å²) in [6.07, 6.45) is 0. The van der Waals surface area contributed by atoms with Crippen molar-refractivity contribution < 1.29 is 9.47 Å². The Morgan fingerprint density at radius 3 is 2.47 bits per heavy atom. The Hall–Kier alpha value is -2.82. The summed E-state index contributed by atoms with van der Waals surface area (Å²) in [4.78, 5) is 4.77. The average Bonchev–Trinajstić information content (AvgIpc) is 3.13. The van der Waals surface area contributed by atoms with Gasteiger partial charge in [0.15, 0.2) is 11.8 Å². The van der Waals surface area contributed by atoms with Crippen LogP contribution in [0.5, 0.6) is 11.5 Å². The Labute approximate surface area is 206 Å². The monoisotopic (exact) mass is 550 g/mol. The lowest BCUT2D eigenvalue weighted by Gasteiger charge is -2.21. The number of aliphatic imine (C=N–C) groups is 1. The maximum Gasteiger partial charge on any atom is 0.192 e. The number of ether oxygens (including phenoxy) is 2. The number of hydrogen-bond acceptors (Lipinski definition) is 5. The van der Waals surface area contributed by atoms with E-state index in [9.17, 15) is 0 Å². The maximum atomic E-state index is 5.55. The number of aromatic nitrogens is 3. The highest BCUT2D eigenvalue weighted by atomic mass is 127. The van der Waals surface area contributed by atoms with Crippen LogP contribution in [0.25, 0.3) is 0 Å². The van der Waals surface area contributed by atoms with Crippen LogP contribution in [0, 0.1) is 6.92 Å². The van der Waals surface area contributed by atoms with E-state index in [0.717, 1.165) is 34.3 Å². The number of nitrogens with one attached hydrogen (secondary N) is 2. The minimum atomic E-state index is -0.0756. The van der Waals surface area contributed by atoms with Crippen molar-refractivity contribution in [2.75, 3.05) is 14.2 Å². The van der Waals surface area contributed by atoms with Gasteiger partial charge in [-0.2, -0.15) is 0 Å². The lowest BCUT2D eigenvalue weighted by Crippen LogP contribution is -2.39. The second-order valence-electron chi connectivity index (χ2n) is 7.20. The third kappa shape index (κ3) is 6.59. The molecule has 1 aromatic heterocycles. The predicted molar refractivity (Wildman–Crippen MR) is 137 cm³/mol. The fourth-order valence-electron chi connectivity index (χ4n) is 3.13. The fourth-order valence-corrected chi connectivity index (χ4v) is 3.13. The normalized spacial score (nSPS) is 12.0. The van der Waals surface area contributed by atoms with Crippen molar-refractivity contribution in [1.82, 2.24) is 25.4 Å². The zero-order valence-electron chi connectivity index (χ0n) is 19.1. The Morgan fingerprint density at radius 1 is 1.09 bits per heavy atom. The smallest absolute Gasteiger partial charge is 0.192 e. The minimum Gasteiger partial charge on any atom is -0.497 e. The summed E-state index contributed by atoms with van der Waals surface area (Å²) < 4.78 is 12.9. The molecule has 0 radical (unpaired) electrons. The number of aryl methyl sites for hydroxylation is 1. The van der Waals surface area contributed by atoms with Crippen molar-refractivity contribution in [2.24, 2.45) is 12.0 Å². The molecular weight excluding hydrogens is 519 g/mol. The van der Waals surface area contributed by atoms with Crippen molar-refractivity contribution in [1.29, 1.82) is 0 Å². The summed E-state index contributed by atoms with van der Waals surface area (Å²) >= 11 is 0. The Kier molecular flexibility index (Phi) is 9.76. The molecule has 0 saturated heterocycles. The zero-order chi connectivity index (χ0) is 22.2. The molecular formula is C23H31IN6O2. The number of halogens is 1. The molecule has 0 aliphatic carbocycles. The van der Waals surface area contributed by atoms with Crippen LogP contribution in [0.4, 0.5) is 0 Å². The first kappa shape index (κ1) is 25.4. The lowest BCUT2D eigenvalue weighted by atomic mass is 10.1. The van der Waals surface area contributed by atoms with E-state index < -0.39 is 0 Å². The highest BCUT2D eigenvalue weighted by molar-refractivity contribution is 14.0. The number of hydrogen-bond donors (Lipinski definition) is 2. The van der Waals surface area contributed by atoms with Crippen molar-refractivity contribution in [3.63, 3.8) is 0 Å². The van der Waals surface area contributed by atoms with Gasteiger partial charge in [0, 0.05) is 12.6 Å². The van der Waals surface area contributed by atoms with Gasteiger partial charge in [-0.3, -0.25) is 0 Å². The first-order valence-corrected chi connectivity index (χ1v) is 10.2. The molecule has 1 atom stereocenters. The van der Waals surface area contributed by atoms with Gasteiger partial charge >= 0.3 is 0 Å². The van der Waals surface area contributed by atoms with E-state index >= 15 is 0 Å². The van der Waals surface area contributed by atoms with Gasteiger partial charge in [-0.1, -0.05) is 30.3 Å². The van der Waals surface area contributed by atoms with Gasteiger partial charge < -0.3 is 24.7 Å². The van der Waals surface area contributed by atoms with Crippen molar-refractivity contribution in [3.05, 3.63) is 71.3 Å². The standard InChI is InChI=1S/C23H30N6O2.HI/c1-16(20-13-19(30-4)11-12-21(20)31-5)26-23(24-14-18-9-7-6-8-10-18)25-15-22-28-27-17(2)29(22)3;/h6-13,16H,14-15H2,1-5H3,(H2,24,25,26);1H. The van der Waals surface area contributed by atoms with Gasteiger partial charge in [0.1, 0.15) is 17.3 Å². The molecule has 3 rings (SSSR count). The van der Waals surface area contributed by atoms with E-state index in [1.165, 1.54) is 0 Å². The summed E-state index contributed by atoms with van der Waals surface area (Å²) in [6, 6.07) is 15.8. The van der Waals surface area contributed by atoms with Crippen LogP contribution in [0.3, 0.4) is 0 Å². The molecule has 0 spiro atoms.